The largest absolute Gasteiger partial charge is 0.326 e. The van der Waals surface area contributed by atoms with Gasteiger partial charge in [-0.05, 0) is 37.1 Å². The fraction of sp³-hybridized carbons (Fsp3) is 0.294. The lowest BCUT2D eigenvalue weighted by Gasteiger charge is -2.17. The second-order valence-electron chi connectivity index (χ2n) is 5.11. The van der Waals surface area contributed by atoms with Crippen LogP contribution < -0.4 is 10.5 Å². The Bertz CT molecular complexity index is 690. The second kappa shape index (κ2) is 6.39. The van der Waals surface area contributed by atoms with E-state index in [1.165, 1.54) is 4.90 Å². The fourth-order valence-electron chi connectivity index (χ4n) is 2.30. The number of carbonyl (C=O) groups excluding carboxylic acids is 1. The van der Waals surface area contributed by atoms with Crippen molar-refractivity contribution in [2.24, 2.45) is 0 Å². The monoisotopic (exact) mass is 284 g/mol. The highest BCUT2D eigenvalue weighted by Crippen LogP contribution is 2.15. The molecule has 0 saturated heterocycles. The molecule has 0 unspecified atom stereocenters. The van der Waals surface area contributed by atoms with Crippen molar-refractivity contribution in [3.05, 3.63) is 63.6 Å². The van der Waals surface area contributed by atoms with Gasteiger partial charge in [-0.25, -0.2) is 0 Å². The van der Waals surface area contributed by atoms with Crippen LogP contribution in [0, 0.1) is 6.92 Å². The number of hydrogen-bond donors (Lipinski definition) is 1. The van der Waals surface area contributed by atoms with Crippen molar-refractivity contribution in [3.63, 3.8) is 0 Å². The number of benzene rings is 1. The number of nitrogens with one attached hydrogen (secondary N) is 1. The highest BCUT2D eigenvalue weighted by atomic mass is 16.2. The Morgan fingerprint density at radius 3 is 2.52 bits per heavy atom. The number of anilines is 1. The number of rotatable bonds is 4. The van der Waals surface area contributed by atoms with Crippen LogP contribution in [0.2, 0.25) is 0 Å². The molecule has 2 aromatic rings. The minimum absolute atomic E-state index is 0.190. The Morgan fingerprint density at radius 1 is 1.24 bits per heavy atom. The van der Waals surface area contributed by atoms with Crippen LogP contribution in [0.25, 0.3) is 0 Å². The minimum Gasteiger partial charge on any atom is -0.326 e. The number of H-pyrrole nitrogens is 1. The smallest absolute Gasteiger partial charge is 0.263 e. The van der Waals surface area contributed by atoms with Gasteiger partial charge in [-0.15, -0.1) is 0 Å². The van der Waals surface area contributed by atoms with E-state index < -0.39 is 0 Å². The molecule has 1 aromatic heterocycles. The number of aromatic nitrogens is 1. The van der Waals surface area contributed by atoms with E-state index in [0.29, 0.717) is 0 Å². The van der Waals surface area contributed by atoms with E-state index in [-0.39, 0.29) is 17.0 Å². The molecule has 110 valence electrons. The van der Waals surface area contributed by atoms with E-state index in [0.717, 1.165) is 29.8 Å². The molecule has 1 heterocycles. The number of aryl methyl sites for hydroxylation is 2. The molecule has 1 N–H and O–H groups in total. The molecular formula is C17H20N2O2. The quantitative estimate of drug-likeness (QED) is 0.938. The summed E-state index contributed by atoms with van der Waals surface area (Å²) >= 11 is 0. The van der Waals surface area contributed by atoms with Gasteiger partial charge in [0.05, 0.1) is 0 Å². The summed E-state index contributed by atoms with van der Waals surface area (Å²) in [6, 6.07) is 11.0. The number of carbonyl (C=O) groups is 1. The molecule has 0 bridgehead atoms. The Hall–Kier alpha value is -2.36. The zero-order chi connectivity index (χ0) is 15.4. The van der Waals surface area contributed by atoms with Crippen molar-refractivity contribution in [3.8, 4) is 0 Å². The summed E-state index contributed by atoms with van der Waals surface area (Å²) in [6.45, 7) is 3.93. The van der Waals surface area contributed by atoms with Crippen LogP contribution >= 0.6 is 0 Å². The first-order chi connectivity index (χ1) is 10.0. The average molecular weight is 284 g/mol. The van der Waals surface area contributed by atoms with Gasteiger partial charge in [0.2, 0.25) is 0 Å². The number of amides is 1. The molecule has 0 saturated carbocycles. The maximum Gasteiger partial charge on any atom is 0.263 e. The predicted octanol–water partition coefficient (Wildman–Crippen LogP) is 2.91. The average Bonchev–Trinajstić information content (AvgIpc) is 2.49. The third kappa shape index (κ3) is 3.21. The second-order valence-corrected chi connectivity index (χ2v) is 5.11. The summed E-state index contributed by atoms with van der Waals surface area (Å²) < 4.78 is 0. The maximum absolute atomic E-state index is 12.5. The molecule has 4 heteroatoms. The number of hydrogen-bond acceptors (Lipinski definition) is 2. The third-order valence-electron chi connectivity index (χ3n) is 3.54. The SMILES string of the molecule is CCCc1cc(C(=O)N(C)c2ccccc2)c(=O)[nH]c1C. The normalized spacial score (nSPS) is 10.4. The molecule has 0 fully saturated rings. The molecule has 0 aliphatic carbocycles. The molecule has 0 aliphatic rings. The maximum atomic E-state index is 12.5. The summed E-state index contributed by atoms with van der Waals surface area (Å²) in [5.74, 6) is -0.292. The lowest BCUT2D eigenvalue weighted by Crippen LogP contribution is -2.32. The number of pyridine rings is 1. The Morgan fingerprint density at radius 2 is 1.90 bits per heavy atom. The predicted molar refractivity (Wildman–Crippen MR) is 85.0 cm³/mol. The van der Waals surface area contributed by atoms with Crippen molar-refractivity contribution in [2.45, 2.75) is 26.7 Å². The standard InChI is InChI=1S/C17H20N2O2/c1-4-8-13-11-15(16(20)18-12(13)2)17(21)19(3)14-9-6-5-7-10-14/h5-7,9-11H,4,8H2,1-3H3,(H,18,20). The topological polar surface area (TPSA) is 53.2 Å². The minimum atomic E-state index is -0.333. The van der Waals surface area contributed by atoms with Gasteiger partial charge in [0.25, 0.3) is 11.5 Å². The summed E-state index contributed by atoms with van der Waals surface area (Å²) in [7, 11) is 1.68. The van der Waals surface area contributed by atoms with Crippen molar-refractivity contribution in [1.29, 1.82) is 0 Å². The molecule has 21 heavy (non-hydrogen) atoms. The number of nitrogens with zero attached hydrogens (tertiary/aromatic N) is 1. The van der Waals surface area contributed by atoms with Crippen LogP contribution in [-0.4, -0.2) is 17.9 Å². The van der Waals surface area contributed by atoms with Gasteiger partial charge in [-0.1, -0.05) is 31.5 Å². The summed E-state index contributed by atoms with van der Waals surface area (Å²) in [5, 5.41) is 0. The van der Waals surface area contributed by atoms with E-state index in [1.807, 2.05) is 37.3 Å². The van der Waals surface area contributed by atoms with Crippen LogP contribution in [0.15, 0.2) is 41.2 Å². The molecule has 1 aromatic carbocycles. The van der Waals surface area contributed by atoms with Crippen molar-refractivity contribution < 1.29 is 4.79 Å². The van der Waals surface area contributed by atoms with Gasteiger partial charge in [0.1, 0.15) is 5.56 Å². The van der Waals surface area contributed by atoms with Gasteiger partial charge in [-0.2, -0.15) is 0 Å². The Kier molecular flexibility index (Phi) is 4.58. The van der Waals surface area contributed by atoms with Gasteiger partial charge in [-0.3, -0.25) is 9.59 Å². The van der Waals surface area contributed by atoms with Crippen LogP contribution in [0.5, 0.6) is 0 Å². The Labute approximate surface area is 124 Å². The van der Waals surface area contributed by atoms with E-state index in [2.05, 4.69) is 11.9 Å². The van der Waals surface area contributed by atoms with Crippen molar-refractivity contribution in [1.82, 2.24) is 4.98 Å². The zero-order valence-corrected chi connectivity index (χ0v) is 12.6. The zero-order valence-electron chi connectivity index (χ0n) is 12.6. The van der Waals surface area contributed by atoms with E-state index in [4.69, 9.17) is 0 Å². The molecule has 0 aliphatic heterocycles. The molecule has 1 amide bonds. The van der Waals surface area contributed by atoms with Gasteiger partial charge in [0, 0.05) is 18.4 Å². The Balaban J connectivity index is 2.39. The van der Waals surface area contributed by atoms with Gasteiger partial charge >= 0.3 is 0 Å². The number of aromatic amines is 1. The highest BCUT2D eigenvalue weighted by molar-refractivity contribution is 6.05. The molecule has 4 nitrogen and oxygen atoms in total. The van der Waals surface area contributed by atoms with Gasteiger partial charge in [0.15, 0.2) is 0 Å². The molecule has 0 spiro atoms. The lowest BCUT2D eigenvalue weighted by molar-refractivity contribution is 0.0991. The van der Waals surface area contributed by atoms with Gasteiger partial charge < -0.3 is 9.88 Å². The van der Waals surface area contributed by atoms with Crippen LogP contribution in [-0.2, 0) is 6.42 Å². The van der Waals surface area contributed by atoms with Crippen LogP contribution in [0.1, 0.15) is 35.0 Å². The highest BCUT2D eigenvalue weighted by Gasteiger charge is 2.18. The first-order valence-electron chi connectivity index (χ1n) is 7.10. The van der Waals surface area contributed by atoms with E-state index in [1.54, 1.807) is 13.1 Å². The first-order valence-corrected chi connectivity index (χ1v) is 7.10. The third-order valence-corrected chi connectivity index (χ3v) is 3.54. The first kappa shape index (κ1) is 15.0. The van der Waals surface area contributed by atoms with Crippen LogP contribution in [0.4, 0.5) is 5.69 Å². The summed E-state index contributed by atoms with van der Waals surface area (Å²) in [6.07, 6.45) is 1.81. The fourth-order valence-corrected chi connectivity index (χ4v) is 2.30. The molecule has 2 rings (SSSR count). The van der Waals surface area contributed by atoms with Crippen molar-refractivity contribution in [2.75, 3.05) is 11.9 Å². The number of para-hydroxylation sites is 1. The molecule has 0 radical (unpaired) electrons. The van der Waals surface area contributed by atoms with E-state index in [9.17, 15) is 9.59 Å². The summed E-state index contributed by atoms with van der Waals surface area (Å²) in [5.41, 5.74) is 2.47. The van der Waals surface area contributed by atoms with Crippen LogP contribution in [0.3, 0.4) is 0 Å². The molecule has 0 atom stereocenters. The van der Waals surface area contributed by atoms with E-state index >= 15 is 0 Å². The summed E-state index contributed by atoms with van der Waals surface area (Å²) in [4.78, 5) is 28.9. The lowest BCUT2D eigenvalue weighted by atomic mass is 10.1. The molecular weight excluding hydrogens is 264 g/mol. The van der Waals surface area contributed by atoms with Crippen molar-refractivity contribution >= 4 is 11.6 Å².